The summed E-state index contributed by atoms with van der Waals surface area (Å²) < 4.78 is 36.8. The van der Waals surface area contributed by atoms with Crippen LogP contribution in [0.5, 0.6) is 0 Å². The molecule has 198 valence electrons. The number of halogens is 2. The van der Waals surface area contributed by atoms with Crippen molar-refractivity contribution in [1.29, 1.82) is 0 Å². The molecule has 7 heteroatoms. The highest BCUT2D eigenvalue weighted by Crippen LogP contribution is 2.42. The zero-order valence-electron chi connectivity index (χ0n) is 21.9. The summed E-state index contributed by atoms with van der Waals surface area (Å²) in [6, 6.07) is 15.0. The molecule has 0 unspecified atom stereocenters. The molecule has 1 amide bonds. The van der Waals surface area contributed by atoms with Gasteiger partial charge in [0, 0.05) is 42.7 Å². The predicted octanol–water partition coefficient (Wildman–Crippen LogP) is 5.93. The summed E-state index contributed by atoms with van der Waals surface area (Å²) in [6.45, 7) is 8.33. The molecule has 2 N–H and O–H groups in total. The van der Waals surface area contributed by atoms with Crippen molar-refractivity contribution in [2.24, 2.45) is 11.1 Å². The second-order valence-electron chi connectivity index (χ2n) is 10.8. The van der Waals surface area contributed by atoms with E-state index < -0.39 is 17.7 Å². The molecular weight excluding hydrogens is 472 g/mol. The fraction of sp³-hybridized carbons (Fsp3) is 0.433. The Labute approximate surface area is 218 Å². The second kappa shape index (κ2) is 11.6. The molecule has 1 saturated heterocycles. The molecule has 0 aliphatic carbocycles. The van der Waals surface area contributed by atoms with Gasteiger partial charge in [-0.05, 0) is 61.1 Å². The summed E-state index contributed by atoms with van der Waals surface area (Å²) in [4.78, 5) is 15.7. The average Bonchev–Trinajstić information content (AvgIpc) is 3.53. The van der Waals surface area contributed by atoms with Crippen molar-refractivity contribution in [3.63, 3.8) is 0 Å². The highest BCUT2D eigenvalue weighted by Gasteiger charge is 2.40. The molecule has 2 heterocycles. The molecule has 0 saturated carbocycles. The van der Waals surface area contributed by atoms with E-state index in [4.69, 9.17) is 10.5 Å². The molecule has 2 atom stereocenters. The third-order valence-corrected chi connectivity index (χ3v) is 6.87. The Balaban J connectivity index is 1.86. The van der Waals surface area contributed by atoms with Crippen LogP contribution in [-0.2, 0) is 16.1 Å². The van der Waals surface area contributed by atoms with E-state index >= 15 is 0 Å². The number of rotatable bonds is 9. The van der Waals surface area contributed by atoms with Gasteiger partial charge in [-0.1, -0.05) is 51.1 Å². The van der Waals surface area contributed by atoms with E-state index in [1.807, 2.05) is 47.5 Å². The molecule has 0 spiro atoms. The van der Waals surface area contributed by atoms with Gasteiger partial charge in [0.05, 0.1) is 6.04 Å². The number of carbonyl (C=O) groups excluding carboxylic acids is 1. The molecule has 1 aromatic heterocycles. The Morgan fingerprint density at radius 1 is 1.16 bits per heavy atom. The number of benzene rings is 2. The van der Waals surface area contributed by atoms with Crippen molar-refractivity contribution in [1.82, 2.24) is 9.47 Å². The Hall–Kier alpha value is -3.03. The van der Waals surface area contributed by atoms with Gasteiger partial charge in [-0.25, -0.2) is 8.78 Å². The van der Waals surface area contributed by atoms with E-state index in [1.54, 1.807) is 0 Å². The van der Waals surface area contributed by atoms with Crippen molar-refractivity contribution in [3.05, 3.63) is 83.7 Å². The second-order valence-corrected chi connectivity index (χ2v) is 10.8. The molecule has 1 fully saturated rings. The first kappa shape index (κ1) is 27.0. The molecule has 1 aliphatic heterocycles. The van der Waals surface area contributed by atoms with Crippen LogP contribution in [0, 0.1) is 17.0 Å². The molecule has 1 aliphatic rings. The van der Waals surface area contributed by atoms with Gasteiger partial charge in [-0.2, -0.15) is 0 Å². The zero-order chi connectivity index (χ0) is 26.6. The maximum atomic E-state index is 14.8. The molecule has 37 heavy (non-hydrogen) atoms. The van der Waals surface area contributed by atoms with Crippen molar-refractivity contribution < 1.29 is 18.3 Å². The van der Waals surface area contributed by atoms with E-state index in [0.29, 0.717) is 44.6 Å². The average molecular weight is 510 g/mol. The lowest BCUT2D eigenvalue weighted by Gasteiger charge is -2.42. The maximum absolute atomic E-state index is 14.8. The van der Waals surface area contributed by atoms with E-state index in [1.165, 1.54) is 6.07 Å². The number of nitrogens with zero attached hydrogens (tertiary/aromatic N) is 2. The standard InChI is InChI=1S/C30H37F2N3O2/c1-30(2,3)28(35(15-8-14-33)29(36)27-11-7-16-37-27)26-17-22(24-18-23(31)12-13-25(24)32)20-34(26)19-21-9-5-4-6-10-21/h4-6,9-10,12-13,17-18,20,27-28H,7-8,11,14-16,19,33H2,1-3H3/t27-,28-/m0/s1. The van der Waals surface area contributed by atoms with Crippen LogP contribution in [0.25, 0.3) is 11.1 Å². The summed E-state index contributed by atoms with van der Waals surface area (Å²) >= 11 is 0. The van der Waals surface area contributed by atoms with Crippen LogP contribution in [0.15, 0.2) is 60.8 Å². The Morgan fingerprint density at radius 3 is 2.57 bits per heavy atom. The topological polar surface area (TPSA) is 60.5 Å². The lowest BCUT2D eigenvalue weighted by Crippen LogP contribution is -2.47. The van der Waals surface area contributed by atoms with Crippen molar-refractivity contribution in [2.75, 3.05) is 19.7 Å². The van der Waals surface area contributed by atoms with Gasteiger partial charge in [0.2, 0.25) is 0 Å². The smallest absolute Gasteiger partial charge is 0.252 e. The molecular formula is C30H37F2N3O2. The highest BCUT2D eigenvalue weighted by molar-refractivity contribution is 5.82. The summed E-state index contributed by atoms with van der Waals surface area (Å²) in [5, 5.41) is 0. The van der Waals surface area contributed by atoms with Gasteiger partial charge < -0.3 is 19.9 Å². The van der Waals surface area contributed by atoms with Crippen LogP contribution in [-0.4, -0.2) is 41.2 Å². The monoisotopic (exact) mass is 509 g/mol. The van der Waals surface area contributed by atoms with Crippen LogP contribution >= 0.6 is 0 Å². The fourth-order valence-corrected chi connectivity index (χ4v) is 5.20. The minimum atomic E-state index is -0.501. The lowest BCUT2D eigenvalue weighted by atomic mass is 9.82. The number of hydrogen-bond donors (Lipinski definition) is 1. The molecule has 0 bridgehead atoms. The summed E-state index contributed by atoms with van der Waals surface area (Å²) in [6.07, 6.45) is 3.58. The SMILES string of the molecule is CC(C)(C)[C@H](c1cc(-c2cc(F)ccc2F)cn1Cc1ccccc1)N(CCCN)C(=O)[C@@H]1CCCO1. The van der Waals surface area contributed by atoms with Gasteiger partial charge in [-0.15, -0.1) is 0 Å². The van der Waals surface area contributed by atoms with Gasteiger partial charge >= 0.3 is 0 Å². The normalized spacial score (nSPS) is 16.6. The van der Waals surface area contributed by atoms with Gasteiger partial charge in [0.15, 0.2) is 0 Å². The quantitative estimate of drug-likeness (QED) is 0.389. The number of nitrogens with two attached hydrogens (primary N) is 1. The van der Waals surface area contributed by atoms with Gasteiger partial charge in [-0.3, -0.25) is 4.79 Å². The van der Waals surface area contributed by atoms with Crippen molar-refractivity contribution in [3.8, 4) is 11.1 Å². The predicted molar refractivity (Wildman–Crippen MR) is 142 cm³/mol. The van der Waals surface area contributed by atoms with Crippen LogP contribution < -0.4 is 5.73 Å². The third-order valence-electron chi connectivity index (χ3n) is 6.87. The van der Waals surface area contributed by atoms with E-state index in [2.05, 4.69) is 25.3 Å². The first-order chi connectivity index (χ1) is 17.7. The largest absolute Gasteiger partial charge is 0.368 e. The number of amides is 1. The summed E-state index contributed by atoms with van der Waals surface area (Å²) in [5.74, 6) is -1.04. The first-order valence-electron chi connectivity index (χ1n) is 13.0. The Morgan fingerprint density at radius 2 is 1.92 bits per heavy atom. The number of ether oxygens (including phenoxy) is 1. The number of carbonyl (C=O) groups is 1. The maximum Gasteiger partial charge on any atom is 0.252 e. The summed E-state index contributed by atoms with van der Waals surface area (Å²) in [5.41, 5.74) is 8.19. The number of aromatic nitrogens is 1. The molecule has 3 aromatic rings. The Bertz CT molecular complexity index is 1200. The van der Waals surface area contributed by atoms with Crippen molar-refractivity contribution in [2.45, 2.75) is 58.7 Å². The van der Waals surface area contributed by atoms with Crippen LogP contribution in [0.3, 0.4) is 0 Å². The lowest BCUT2D eigenvalue weighted by molar-refractivity contribution is -0.146. The highest BCUT2D eigenvalue weighted by atomic mass is 19.1. The van der Waals surface area contributed by atoms with E-state index in [0.717, 1.165) is 29.8 Å². The molecule has 0 radical (unpaired) electrons. The van der Waals surface area contributed by atoms with Gasteiger partial charge in [0.1, 0.15) is 17.7 Å². The third kappa shape index (κ3) is 6.28. The van der Waals surface area contributed by atoms with E-state index in [-0.39, 0.29) is 22.9 Å². The number of hydrogen-bond acceptors (Lipinski definition) is 3. The molecule has 5 nitrogen and oxygen atoms in total. The van der Waals surface area contributed by atoms with Crippen LogP contribution in [0.2, 0.25) is 0 Å². The molecule has 4 rings (SSSR count). The Kier molecular flexibility index (Phi) is 8.45. The van der Waals surface area contributed by atoms with Gasteiger partial charge in [0.25, 0.3) is 5.91 Å². The first-order valence-corrected chi connectivity index (χ1v) is 13.0. The minimum Gasteiger partial charge on any atom is -0.368 e. The van der Waals surface area contributed by atoms with Crippen LogP contribution in [0.1, 0.15) is 57.3 Å². The minimum absolute atomic E-state index is 0.0446. The van der Waals surface area contributed by atoms with Crippen molar-refractivity contribution >= 4 is 5.91 Å². The van der Waals surface area contributed by atoms with E-state index in [9.17, 15) is 13.6 Å². The summed E-state index contributed by atoms with van der Waals surface area (Å²) in [7, 11) is 0. The van der Waals surface area contributed by atoms with Crippen LogP contribution in [0.4, 0.5) is 8.78 Å². The fourth-order valence-electron chi connectivity index (χ4n) is 5.20. The molecule has 2 aromatic carbocycles. The zero-order valence-corrected chi connectivity index (χ0v) is 21.9.